The molecule has 19 heavy (non-hydrogen) atoms. The van der Waals surface area contributed by atoms with Crippen LogP contribution in [0, 0.1) is 0 Å². The summed E-state index contributed by atoms with van der Waals surface area (Å²) in [6.45, 7) is 0. The maximum Gasteiger partial charge on any atom is 0.328 e. The standard InChI is InChI=1S/C15H11ClO3/c16-13-7-4-8-14(12(13)9-10-15(17)18)19-11-5-2-1-3-6-11/h1-10H,(H,17,18)/b10-9+. The molecule has 0 saturated carbocycles. The number of carboxylic acid groups (broad SMARTS) is 1. The summed E-state index contributed by atoms with van der Waals surface area (Å²) in [5.41, 5.74) is 0.537. The van der Waals surface area contributed by atoms with Gasteiger partial charge in [-0.3, -0.25) is 0 Å². The molecular formula is C15H11ClO3. The van der Waals surface area contributed by atoms with Gasteiger partial charge in [-0.1, -0.05) is 35.9 Å². The van der Waals surface area contributed by atoms with Gasteiger partial charge < -0.3 is 9.84 Å². The first-order valence-electron chi connectivity index (χ1n) is 5.59. The number of carboxylic acids is 1. The molecule has 0 radical (unpaired) electrons. The lowest BCUT2D eigenvalue weighted by molar-refractivity contribution is -0.131. The molecule has 0 aromatic heterocycles. The fourth-order valence-electron chi connectivity index (χ4n) is 1.54. The van der Waals surface area contributed by atoms with E-state index in [0.717, 1.165) is 6.08 Å². The Labute approximate surface area is 115 Å². The summed E-state index contributed by atoms with van der Waals surface area (Å²) in [6, 6.07) is 14.4. The van der Waals surface area contributed by atoms with Crippen LogP contribution >= 0.6 is 11.6 Å². The molecule has 2 aromatic rings. The molecule has 0 heterocycles. The maximum atomic E-state index is 10.6. The van der Waals surface area contributed by atoms with Crippen LogP contribution in [0.5, 0.6) is 11.5 Å². The first-order chi connectivity index (χ1) is 9.16. The van der Waals surface area contributed by atoms with E-state index in [-0.39, 0.29) is 0 Å². The van der Waals surface area contributed by atoms with E-state index in [2.05, 4.69) is 0 Å². The van der Waals surface area contributed by atoms with Crippen molar-refractivity contribution in [1.82, 2.24) is 0 Å². The average molecular weight is 275 g/mol. The predicted molar refractivity (Wildman–Crippen MR) is 74.6 cm³/mol. The van der Waals surface area contributed by atoms with E-state index in [1.165, 1.54) is 6.08 Å². The van der Waals surface area contributed by atoms with E-state index in [1.807, 2.05) is 30.3 Å². The normalized spacial score (nSPS) is 10.6. The third-order valence-electron chi connectivity index (χ3n) is 2.38. The van der Waals surface area contributed by atoms with E-state index in [9.17, 15) is 4.79 Å². The highest BCUT2D eigenvalue weighted by Gasteiger charge is 2.06. The van der Waals surface area contributed by atoms with Crippen LogP contribution in [-0.2, 0) is 4.79 Å². The minimum absolute atomic E-state index is 0.436. The molecule has 0 bridgehead atoms. The number of carbonyl (C=O) groups is 1. The van der Waals surface area contributed by atoms with Crippen LogP contribution < -0.4 is 4.74 Å². The van der Waals surface area contributed by atoms with Crippen LogP contribution in [0.2, 0.25) is 5.02 Å². The van der Waals surface area contributed by atoms with E-state index < -0.39 is 5.97 Å². The Kier molecular flexibility index (Phi) is 4.21. The van der Waals surface area contributed by atoms with Crippen molar-refractivity contribution in [2.75, 3.05) is 0 Å². The van der Waals surface area contributed by atoms with Crippen LogP contribution in [0.15, 0.2) is 54.6 Å². The van der Waals surface area contributed by atoms with Gasteiger partial charge in [0.05, 0.1) is 5.02 Å². The lowest BCUT2D eigenvalue weighted by Gasteiger charge is -2.09. The lowest BCUT2D eigenvalue weighted by Crippen LogP contribution is -1.90. The van der Waals surface area contributed by atoms with Gasteiger partial charge in [-0.25, -0.2) is 4.79 Å². The molecule has 0 atom stereocenters. The molecule has 2 rings (SSSR count). The van der Waals surface area contributed by atoms with Crippen molar-refractivity contribution in [2.45, 2.75) is 0 Å². The van der Waals surface area contributed by atoms with Crippen LogP contribution in [0.1, 0.15) is 5.56 Å². The Morgan fingerprint density at radius 3 is 2.53 bits per heavy atom. The minimum atomic E-state index is -1.04. The fraction of sp³-hybridized carbons (Fsp3) is 0. The number of benzene rings is 2. The molecule has 0 aliphatic rings. The van der Waals surface area contributed by atoms with E-state index >= 15 is 0 Å². The summed E-state index contributed by atoms with van der Waals surface area (Å²) in [5, 5.41) is 9.11. The maximum absolute atomic E-state index is 10.6. The van der Waals surface area contributed by atoms with E-state index in [4.69, 9.17) is 21.4 Å². The predicted octanol–water partition coefficient (Wildman–Crippen LogP) is 4.23. The van der Waals surface area contributed by atoms with Crippen molar-refractivity contribution in [1.29, 1.82) is 0 Å². The van der Waals surface area contributed by atoms with Crippen LogP contribution in [0.25, 0.3) is 6.08 Å². The number of hydrogen-bond donors (Lipinski definition) is 1. The Balaban J connectivity index is 2.35. The zero-order valence-electron chi connectivity index (χ0n) is 9.92. The molecule has 3 nitrogen and oxygen atoms in total. The van der Waals surface area contributed by atoms with Gasteiger partial charge in [0.1, 0.15) is 11.5 Å². The van der Waals surface area contributed by atoms with E-state index in [1.54, 1.807) is 18.2 Å². The third-order valence-corrected chi connectivity index (χ3v) is 2.71. The number of halogens is 1. The lowest BCUT2D eigenvalue weighted by atomic mass is 10.2. The summed E-state index contributed by atoms with van der Waals surface area (Å²) in [4.78, 5) is 10.6. The van der Waals surface area contributed by atoms with Gasteiger partial charge >= 0.3 is 5.97 Å². The van der Waals surface area contributed by atoms with Crippen molar-refractivity contribution in [3.63, 3.8) is 0 Å². The Hall–Kier alpha value is -2.26. The first kappa shape index (κ1) is 13.2. The Morgan fingerprint density at radius 1 is 1.11 bits per heavy atom. The number of rotatable bonds is 4. The summed E-state index contributed by atoms with van der Waals surface area (Å²) >= 11 is 6.05. The Bertz CT molecular complexity index is 606. The topological polar surface area (TPSA) is 46.5 Å². The zero-order chi connectivity index (χ0) is 13.7. The van der Waals surface area contributed by atoms with Gasteiger partial charge in [-0.2, -0.15) is 0 Å². The van der Waals surface area contributed by atoms with Gasteiger partial charge in [-0.05, 0) is 30.3 Å². The second-order valence-corrected chi connectivity index (χ2v) is 4.15. The number of ether oxygens (including phenoxy) is 1. The molecule has 96 valence electrons. The van der Waals surface area contributed by atoms with Crippen LogP contribution in [-0.4, -0.2) is 11.1 Å². The first-order valence-corrected chi connectivity index (χ1v) is 5.97. The highest BCUT2D eigenvalue weighted by molar-refractivity contribution is 6.32. The van der Waals surface area contributed by atoms with Gasteiger partial charge in [0.25, 0.3) is 0 Å². The van der Waals surface area contributed by atoms with Gasteiger partial charge in [-0.15, -0.1) is 0 Å². The molecule has 2 aromatic carbocycles. The number of para-hydroxylation sites is 1. The number of aliphatic carboxylic acids is 1. The van der Waals surface area contributed by atoms with Gasteiger partial charge in [0.2, 0.25) is 0 Å². The summed E-state index contributed by atoms with van der Waals surface area (Å²) in [7, 11) is 0. The molecule has 0 saturated heterocycles. The molecule has 0 amide bonds. The number of hydrogen-bond acceptors (Lipinski definition) is 2. The molecule has 0 unspecified atom stereocenters. The molecule has 4 heteroatoms. The summed E-state index contributed by atoms with van der Waals surface area (Å²) in [5.74, 6) is 0.136. The third kappa shape index (κ3) is 3.60. The summed E-state index contributed by atoms with van der Waals surface area (Å²) in [6.07, 6.45) is 2.45. The van der Waals surface area contributed by atoms with Crippen LogP contribution in [0.4, 0.5) is 0 Å². The van der Waals surface area contributed by atoms with Crippen molar-refractivity contribution >= 4 is 23.6 Å². The van der Waals surface area contributed by atoms with Crippen molar-refractivity contribution < 1.29 is 14.6 Å². The second kappa shape index (κ2) is 6.07. The second-order valence-electron chi connectivity index (χ2n) is 3.74. The van der Waals surface area contributed by atoms with Crippen LogP contribution in [0.3, 0.4) is 0 Å². The Morgan fingerprint density at radius 2 is 1.84 bits per heavy atom. The molecule has 0 aliphatic heterocycles. The largest absolute Gasteiger partial charge is 0.478 e. The molecule has 0 fully saturated rings. The van der Waals surface area contributed by atoms with E-state index in [0.29, 0.717) is 22.1 Å². The minimum Gasteiger partial charge on any atom is -0.478 e. The van der Waals surface area contributed by atoms with Gasteiger partial charge in [0, 0.05) is 11.6 Å². The van der Waals surface area contributed by atoms with Gasteiger partial charge in [0.15, 0.2) is 0 Å². The average Bonchev–Trinajstić information content (AvgIpc) is 2.39. The fourth-order valence-corrected chi connectivity index (χ4v) is 1.77. The molecule has 1 N–H and O–H groups in total. The molecular weight excluding hydrogens is 264 g/mol. The highest BCUT2D eigenvalue weighted by Crippen LogP contribution is 2.31. The van der Waals surface area contributed by atoms with Crippen molar-refractivity contribution in [2.24, 2.45) is 0 Å². The SMILES string of the molecule is O=C(O)/C=C/c1c(Cl)cccc1Oc1ccccc1. The monoisotopic (exact) mass is 274 g/mol. The zero-order valence-corrected chi connectivity index (χ0v) is 10.7. The molecule has 0 aliphatic carbocycles. The quantitative estimate of drug-likeness (QED) is 0.849. The van der Waals surface area contributed by atoms with Crippen molar-refractivity contribution in [3.8, 4) is 11.5 Å². The molecule has 0 spiro atoms. The summed E-state index contributed by atoms with van der Waals surface area (Å²) < 4.78 is 5.69. The van der Waals surface area contributed by atoms with Crippen molar-refractivity contribution in [3.05, 3.63) is 65.2 Å². The smallest absolute Gasteiger partial charge is 0.328 e. The highest BCUT2D eigenvalue weighted by atomic mass is 35.5.